The predicted molar refractivity (Wildman–Crippen MR) is 141 cm³/mol. The van der Waals surface area contributed by atoms with Gasteiger partial charge in [0, 0.05) is 0 Å². The van der Waals surface area contributed by atoms with Gasteiger partial charge in [-0.3, -0.25) is 0 Å². The van der Waals surface area contributed by atoms with E-state index >= 15 is 0 Å². The van der Waals surface area contributed by atoms with Crippen molar-refractivity contribution >= 4 is 53.1 Å². The quantitative estimate of drug-likeness (QED) is 0.226. The molecule has 1 saturated heterocycles. The molecule has 1 fully saturated rings. The molecule has 2 aliphatic carbocycles. The minimum atomic E-state index is -4.52. The molecule has 0 N–H and O–H groups in total. The molecule has 0 unspecified atom stereocenters. The Balaban J connectivity index is 1.65. The third-order valence-corrected chi connectivity index (χ3v) is 13.8. The second-order valence-corrected chi connectivity index (χ2v) is 14.5. The number of thiophene rings is 4. The van der Waals surface area contributed by atoms with Crippen LogP contribution >= 0.6 is 53.1 Å². The van der Waals surface area contributed by atoms with Crippen molar-refractivity contribution in [3.63, 3.8) is 0 Å². The normalized spacial score (nSPS) is 22.4. The molecule has 2 spiro atoms. The summed E-state index contributed by atoms with van der Waals surface area (Å²) in [7, 11) is -4.52. The fourth-order valence-corrected chi connectivity index (χ4v) is 13.3. The van der Waals surface area contributed by atoms with E-state index in [4.69, 9.17) is 22.6 Å². The molecule has 0 saturated carbocycles. The van der Waals surface area contributed by atoms with Gasteiger partial charge in [0.1, 0.15) is 0 Å². The topological polar surface area (TPSA) is 46.2 Å². The number of fused-ring (bicyclic) bond motifs is 11. The maximum absolute atomic E-state index is 7.33. The number of rotatable bonds is 6. The number of hydrogen-bond acceptors (Lipinski definition) is 9. The molecule has 5 heterocycles. The summed E-state index contributed by atoms with van der Waals surface area (Å²) in [6, 6.07) is 8.70. The van der Waals surface area contributed by atoms with E-state index in [2.05, 4.69) is 45.8 Å². The summed E-state index contributed by atoms with van der Waals surface area (Å²) >= 11 is 6.96. The summed E-state index contributed by atoms with van der Waals surface area (Å²) in [6.07, 6.45) is 0. The summed E-state index contributed by atoms with van der Waals surface area (Å²) in [5.74, 6) is 0. The van der Waals surface area contributed by atoms with Crippen molar-refractivity contribution in [1.82, 2.24) is 0 Å². The van der Waals surface area contributed by atoms with Gasteiger partial charge in [0.2, 0.25) is 0 Å². The van der Waals surface area contributed by atoms with E-state index in [9.17, 15) is 0 Å². The van der Waals surface area contributed by atoms with Crippen LogP contribution in [0.25, 0.3) is 19.5 Å². The summed E-state index contributed by atoms with van der Waals surface area (Å²) < 4.78 is 34.0. The molecule has 3 aliphatic rings. The molecule has 0 atom stereocenters. The molecule has 34 heavy (non-hydrogen) atoms. The second-order valence-electron chi connectivity index (χ2n) is 8.20. The fraction of sp³-hybridized carbons (Fsp3) is 0.333. The van der Waals surface area contributed by atoms with Crippen molar-refractivity contribution in [2.45, 2.75) is 32.0 Å². The van der Waals surface area contributed by atoms with Crippen molar-refractivity contribution in [2.24, 2.45) is 0 Å². The van der Waals surface area contributed by atoms with Crippen LogP contribution in [-0.4, -0.2) is 19.8 Å². The van der Waals surface area contributed by atoms with Gasteiger partial charge in [-0.05, 0) is 0 Å². The van der Waals surface area contributed by atoms with E-state index in [1.807, 2.05) is 20.8 Å². The van der Waals surface area contributed by atoms with E-state index in [1.54, 1.807) is 45.3 Å². The van der Waals surface area contributed by atoms with Gasteiger partial charge in [-0.25, -0.2) is 0 Å². The SMILES string of the molecule is CCOP1(OCC)(OCC)OC2(c3ccsc3-c3sccc32)C2(O1)c1ccsc1-c1sccc12. The monoisotopic (exact) mass is 550 g/mol. The van der Waals surface area contributed by atoms with Crippen LogP contribution in [0.5, 0.6) is 0 Å². The predicted octanol–water partition coefficient (Wildman–Crippen LogP) is 8.37. The molecule has 1 aliphatic heterocycles. The Hall–Kier alpha value is -0.970. The standard InChI is InChI=1S/C24H23O5PS4/c1-4-25-30(26-5-2,27-6-3)28-23(15-7-11-31-19(15)20-16(23)8-12-32-20)24(29-30)17-9-13-33-21(17)22-18(24)10-14-34-22/h7-14H,4-6H2,1-3H3. The van der Waals surface area contributed by atoms with E-state index < -0.39 is 18.9 Å². The Labute approximate surface area is 214 Å². The maximum atomic E-state index is 7.33. The first-order chi connectivity index (χ1) is 16.6. The van der Waals surface area contributed by atoms with Crippen LogP contribution in [0.15, 0.2) is 45.8 Å². The van der Waals surface area contributed by atoms with Crippen molar-refractivity contribution in [2.75, 3.05) is 19.8 Å². The van der Waals surface area contributed by atoms with Crippen molar-refractivity contribution < 1.29 is 22.6 Å². The number of hydrogen-bond donors (Lipinski definition) is 0. The van der Waals surface area contributed by atoms with Crippen molar-refractivity contribution in [3.05, 3.63) is 68.0 Å². The van der Waals surface area contributed by atoms with Gasteiger partial charge in [0.05, 0.1) is 0 Å². The molecular weight excluding hydrogens is 528 g/mol. The third kappa shape index (κ3) is 2.35. The Kier molecular flexibility index (Phi) is 4.77. The van der Waals surface area contributed by atoms with Gasteiger partial charge in [-0.15, -0.1) is 0 Å². The average Bonchev–Trinajstić information content (AvgIpc) is 3.63. The summed E-state index contributed by atoms with van der Waals surface area (Å²) in [4.78, 5) is 4.88. The van der Waals surface area contributed by atoms with Gasteiger partial charge in [0.25, 0.3) is 0 Å². The first-order valence-electron chi connectivity index (χ1n) is 11.3. The van der Waals surface area contributed by atoms with Crippen LogP contribution in [0.4, 0.5) is 0 Å². The van der Waals surface area contributed by atoms with E-state index in [0.717, 1.165) is 22.3 Å². The summed E-state index contributed by atoms with van der Waals surface area (Å²) in [6.45, 7) is 6.80. The molecule has 0 aromatic carbocycles. The molecule has 4 aromatic heterocycles. The summed E-state index contributed by atoms with van der Waals surface area (Å²) in [5, 5.41) is 8.55. The Morgan fingerprint density at radius 2 is 0.882 bits per heavy atom. The molecule has 0 radical (unpaired) electrons. The molecule has 0 bridgehead atoms. The average molecular weight is 551 g/mol. The van der Waals surface area contributed by atoms with Crippen LogP contribution in [0.1, 0.15) is 43.0 Å². The van der Waals surface area contributed by atoms with Gasteiger partial charge in [-0.1, -0.05) is 0 Å². The first-order valence-corrected chi connectivity index (χ1v) is 16.7. The molecule has 0 amide bonds. The zero-order valence-corrected chi connectivity index (χ0v) is 23.0. The molecule has 7 rings (SSSR count). The van der Waals surface area contributed by atoms with E-state index in [-0.39, 0.29) is 0 Å². The Bertz CT molecular complexity index is 1220. The molecule has 10 heteroatoms. The van der Waals surface area contributed by atoms with Crippen LogP contribution in [0, 0.1) is 0 Å². The zero-order chi connectivity index (χ0) is 23.2. The second kappa shape index (κ2) is 7.29. The van der Waals surface area contributed by atoms with Crippen LogP contribution in [0.3, 0.4) is 0 Å². The van der Waals surface area contributed by atoms with Gasteiger partial charge in [0.15, 0.2) is 0 Å². The Morgan fingerprint density at radius 1 is 0.588 bits per heavy atom. The molecule has 178 valence electrons. The first kappa shape index (κ1) is 22.2. The molecule has 5 nitrogen and oxygen atoms in total. The Morgan fingerprint density at radius 3 is 1.15 bits per heavy atom. The van der Waals surface area contributed by atoms with Crippen molar-refractivity contribution in [3.8, 4) is 19.5 Å². The van der Waals surface area contributed by atoms with Crippen molar-refractivity contribution in [1.29, 1.82) is 0 Å². The zero-order valence-electron chi connectivity index (χ0n) is 18.9. The van der Waals surface area contributed by atoms with Crippen LogP contribution in [0.2, 0.25) is 0 Å². The molecular formula is C24H23O5PS4. The van der Waals surface area contributed by atoms with Crippen LogP contribution < -0.4 is 0 Å². The summed E-state index contributed by atoms with van der Waals surface area (Å²) in [5.41, 5.74) is 2.42. The fourth-order valence-electron chi connectivity index (χ4n) is 5.79. The minimum absolute atomic E-state index is 0.337. The van der Waals surface area contributed by atoms with Gasteiger partial charge >= 0.3 is 215 Å². The van der Waals surface area contributed by atoms with E-state index in [0.29, 0.717) is 19.8 Å². The van der Waals surface area contributed by atoms with Gasteiger partial charge < -0.3 is 0 Å². The third-order valence-electron chi connectivity index (χ3n) is 6.68. The van der Waals surface area contributed by atoms with E-state index in [1.165, 1.54) is 19.5 Å². The van der Waals surface area contributed by atoms with Crippen LogP contribution in [-0.2, 0) is 33.8 Å². The van der Waals surface area contributed by atoms with Gasteiger partial charge in [-0.2, -0.15) is 0 Å². The molecule has 4 aromatic rings.